The number of halogens is 1. The zero-order valence-electron chi connectivity index (χ0n) is 21.3. The van der Waals surface area contributed by atoms with Crippen molar-refractivity contribution in [1.29, 1.82) is 0 Å². The molecular formula is C25H28FN7O3S. The lowest BCUT2D eigenvalue weighted by atomic mass is 10.1. The smallest absolute Gasteiger partial charge is 0.332 e. The summed E-state index contributed by atoms with van der Waals surface area (Å²) in [7, 11) is 2.90. The van der Waals surface area contributed by atoms with Crippen molar-refractivity contribution in [3.63, 3.8) is 0 Å². The first-order valence-corrected chi connectivity index (χ1v) is 12.9. The lowest BCUT2D eigenvalue weighted by Gasteiger charge is -2.24. The molecule has 1 N–H and O–H groups in total. The van der Waals surface area contributed by atoms with Crippen molar-refractivity contribution in [1.82, 2.24) is 23.7 Å². The molecule has 5 rings (SSSR count). The van der Waals surface area contributed by atoms with Crippen molar-refractivity contribution in [3.8, 4) is 11.3 Å². The number of amides is 1. The molecule has 1 aliphatic rings. The van der Waals surface area contributed by atoms with E-state index in [0.717, 1.165) is 28.8 Å². The third kappa shape index (κ3) is 4.14. The second kappa shape index (κ2) is 9.25. The van der Waals surface area contributed by atoms with Crippen molar-refractivity contribution in [2.45, 2.75) is 45.7 Å². The zero-order valence-corrected chi connectivity index (χ0v) is 22.1. The molecular weight excluding hydrogens is 497 g/mol. The molecule has 37 heavy (non-hydrogen) atoms. The van der Waals surface area contributed by atoms with Crippen LogP contribution in [-0.4, -0.2) is 42.2 Å². The highest BCUT2D eigenvalue weighted by Gasteiger charge is 2.25. The number of hydrogen-bond acceptors (Lipinski definition) is 7. The highest BCUT2D eigenvalue weighted by Crippen LogP contribution is 2.35. The van der Waals surface area contributed by atoms with E-state index in [-0.39, 0.29) is 17.0 Å². The molecule has 4 heterocycles. The van der Waals surface area contributed by atoms with E-state index in [9.17, 15) is 14.4 Å². The fraction of sp³-hybridized carbons (Fsp3) is 0.400. The first-order chi connectivity index (χ1) is 17.6. The normalized spacial score (nSPS) is 16.5. The molecule has 1 aliphatic heterocycles. The predicted molar refractivity (Wildman–Crippen MR) is 142 cm³/mol. The van der Waals surface area contributed by atoms with Crippen LogP contribution in [0.25, 0.3) is 22.4 Å². The molecule has 12 heteroatoms. The third-order valence-electron chi connectivity index (χ3n) is 7.08. The van der Waals surface area contributed by atoms with E-state index < -0.39 is 23.2 Å². The third-order valence-corrected chi connectivity index (χ3v) is 7.97. The molecule has 3 aromatic heterocycles. The molecule has 1 fully saturated rings. The topological polar surface area (TPSA) is 107 Å². The number of carbonyl (C=O) groups excluding carboxylic acids is 1. The van der Waals surface area contributed by atoms with E-state index in [1.165, 1.54) is 47.0 Å². The first kappa shape index (κ1) is 24.9. The van der Waals surface area contributed by atoms with Crippen molar-refractivity contribution < 1.29 is 9.18 Å². The van der Waals surface area contributed by atoms with Gasteiger partial charge >= 0.3 is 5.69 Å². The Hall–Kier alpha value is -3.80. The Morgan fingerprint density at radius 2 is 2.00 bits per heavy atom. The number of benzene rings is 1. The molecule has 4 aromatic rings. The molecule has 0 aliphatic carbocycles. The number of carbonyl (C=O) groups is 1. The van der Waals surface area contributed by atoms with Gasteiger partial charge in [-0.15, -0.1) is 11.3 Å². The lowest BCUT2D eigenvalue weighted by Crippen LogP contribution is -2.38. The minimum Gasteiger partial charge on any atom is -0.366 e. The van der Waals surface area contributed by atoms with Crippen LogP contribution in [0, 0.1) is 12.7 Å². The molecule has 0 bridgehead atoms. The van der Waals surface area contributed by atoms with Gasteiger partial charge in [-0.2, -0.15) is 0 Å². The summed E-state index contributed by atoms with van der Waals surface area (Å²) >= 11 is 1.29. The SMILES string of the molecule is Cc1sc(NC(=O)C(C)n2cnc3c2c(=O)n(C)c(=O)n3C)nc1-c1ccc(N2CCCC2C)c(F)c1. The Balaban J connectivity index is 1.40. The molecule has 0 saturated carbocycles. The van der Waals surface area contributed by atoms with Crippen molar-refractivity contribution >= 4 is 39.2 Å². The monoisotopic (exact) mass is 525 g/mol. The van der Waals surface area contributed by atoms with E-state index in [4.69, 9.17) is 0 Å². The minimum absolute atomic E-state index is 0.158. The molecule has 2 atom stereocenters. The molecule has 10 nitrogen and oxygen atoms in total. The second-order valence-corrected chi connectivity index (χ2v) is 10.7. The summed E-state index contributed by atoms with van der Waals surface area (Å²) in [5, 5.41) is 3.17. The summed E-state index contributed by atoms with van der Waals surface area (Å²) < 4.78 is 18.7. The van der Waals surface area contributed by atoms with Gasteiger partial charge in [0, 0.05) is 37.1 Å². The standard InChI is InChI=1S/C25H28FN7O3S/c1-13-7-6-10-32(13)18-9-8-16(11-17(18)26)19-15(3)37-24(28-19)29-22(34)14(2)33-12-27-21-20(33)23(35)31(5)25(36)30(21)4/h8-9,11-14H,6-7,10H2,1-5H3,(H,28,29,34). The fourth-order valence-electron chi connectivity index (χ4n) is 4.89. The van der Waals surface area contributed by atoms with Gasteiger partial charge in [-0.1, -0.05) is 6.07 Å². The zero-order chi connectivity index (χ0) is 26.6. The predicted octanol–water partition coefficient (Wildman–Crippen LogP) is 3.19. The summed E-state index contributed by atoms with van der Waals surface area (Å²) in [6.07, 6.45) is 3.48. The van der Waals surface area contributed by atoms with Gasteiger partial charge in [-0.25, -0.2) is 19.2 Å². The average Bonchev–Trinajstić information content (AvgIpc) is 3.59. The maximum Gasteiger partial charge on any atom is 0.332 e. The van der Waals surface area contributed by atoms with Gasteiger partial charge in [0.05, 0.1) is 17.7 Å². The molecule has 1 aromatic carbocycles. The van der Waals surface area contributed by atoms with Crippen LogP contribution in [0.15, 0.2) is 34.1 Å². The maximum atomic E-state index is 15.0. The van der Waals surface area contributed by atoms with Gasteiger partial charge in [0.2, 0.25) is 5.91 Å². The summed E-state index contributed by atoms with van der Waals surface area (Å²) in [6.45, 7) is 6.45. The fourth-order valence-corrected chi connectivity index (χ4v) is 5.73. The van der Waals surface area contributed by atoms with Crippen LogP contribution in [0.3, 0.4) is 0 Å². The molecule has 0 radical (unpaired) electrons. The lowest BCUT2D eigenvalue weighted by molar-refractivity contribution is -0.118. The van der Waals surface area contributed by atoms with Crippen LogP contribution in [0.5, 0.6) is 0 Å². The summed E-state index contributed by atoms with van der Waals surface area (Å²) in [6, 6.07) is 4.65. The Morgan fingerprint density at radius 3 is 2.68 bits per heavy atom. The van der Waals surface area contributed by atoms with Crippen molar-refractivity contribution in [3.05, 3.63) is 56.1 Å². The molecule has 194 valence electrons. The van der Waals surface area contributed by atoms with E-state index >= 15 is 4.39 Å². The van der Waals surface area contributed by atoms with E-state index in [2.05, 4.69) is 27.1 Å². The first-order valence-electron chi connectivity index (χ1n) is 12.1. The quantitative estimate of drug-likeness (QED) is 0.429. The summed E-state index contributed by atoms with van der Waals surface area (Å²) in [5.74, 6) is -0.694. The van der Waals surface area contributed by atoms with E-state index in [1.807, 2.05) is 13.0 Å². The number of imidazole rings is 1. The summed E-state index contributed by atoms with van der Waals surface area (Å²) in [4.78, 5) is 49.7. The Kier molecular flexibility index (Phi) is 6.22. The van der Waals surface area contributed by atoms with Crippen LogP contribution in [0.1, 0.15) is 37.6 Å². The number of rotatable bonds is 5. The number of nitrogens with one attached hydrogen (secondary N) is 1. The Labute approximate surface area is 216 Å². The van der Waals surface area contributed by atoms with Crippen molar-refractivity contribution in [2.75, 3.05) is 16.8 Å². The largest absolute Gasteiger partial charge is 0.366 e. The van der Waals surface area contributed by atoms with Crippen LogP contribution < -0.4 is 21.5 Å². The number of aryl methyl sites for hydroxylation is 2. The van der Waals surface area contributed by atoms with Crippen LogP contribution in [0.2, 0.25) is 0 Å². The van der Waals surface area contributed by atoms with Gasteiger partial charge in [-0.05, 0) is 45.7 Å². The average molecular weight is 526 g/mol. The number of anilines is 2. The molecule has 0 spiro atoms. The maximum absolute atomic E-state index is 15.0. The second-order valence-electron chi connectivity index (χ2n) is 9.47. The highest BCUT2D eigenvalue weighted by atomic mass is 32.1. The molecule has 1 saturated heterocycles. The highest BCUT2D eigenvalue weighted by molar-refractivity contribution is 7.16. The van der Waals surface area contributed by atoms with Crippen molar-refractivity contribution in [2.24, 2.45) is 14.1 Å². The van der Waals surface area contributed by atoms with Crippen LogP contribution in [-0.2, 0) is 18.9 Å². The van der Waals surface area contributed by atoms with Gasteiger partial charge in [-0.3, -0.25) is 18.7 Å². The Morgan fingerprint density at radius 1 is 1.24 bits per heavy atom. The van der Waals surface area contributed by atoms with Gasteiger partial charge in [0.25, 0.3) is 5.56 Å². The Bertz CT molecular complexity index is 1650. The van der Waals surface area contributed by atoms with E-state index in [1.54, 1.807) is 13.0 Å². The minimum atomic E-state index is -0.804. The number of nitrogens with zero attached hydrogens (tertiary/aromatic N) is 6. The number of thiazole rings is 1. The molecule has 1 amide bonds. The number of hydrogen-bond donors (Lipinski definition) is 1. The number of fused-ring (bicyclic) bond motifs is 1. The summed E-state index contributed by atoms with van der Waals surface area (Å²) in [5.41, 5.74) is 1.17. The van der Waals surface area contributed by atoms with Crippen LogP contribution >= 0.6 is 11.3 Å². The van der Waals surface area contributed by atoms with Gasteiger partial charge in [0.1, 0.15) is 11.9 Å². The van der Waals surface area contributed by atoms with E-state index in [0.29, 0.717) is 28.1 Å². The van der Waals surface area contributed by atoms with Crippen LogP contribution in [0.4, 0.5) is 15.2 Å². The number of aromatic nitrogens is 5. The molecule has 2 unspecified atom stereocenters. The van der Waals surface area contributed by atoms with Gasteiger partial charge in [0.15, 0.2) is 16.3 Å². The van der Waals surface area contributed by atoms with Gasteiger partial charge < -0.3 is 14.8 Å².